The second-order valence-electron chi connectivity index (χ2n) is 10.4. The normalized spacial score (nSPS) is 45.6. The van der Waals surface area contributed by atoms with Crippen LogP contribution in [-0.4, -0.2) is 18.1 Å². The lowest BCUT2D eigenvalue weighted by Crippen LogP contribution is -2.51. The topological polar surface area (TPSA) is 75.1 Å². The molecule has 3 saturated carbocycles. The Morgan fingerprint density at radius 3 is 2.75 bits per heavy atom. The maximum absolute atomic E-state index is 11.4. The first-order valence-corrected chi connectivity index (χ1v) is 11.2. The Balaban J connectivity index is 1.57. The highest BCUT2D eigenvalue weighted by Gasteiger charge is 2.59. The van der Waals surface area contributed by atoms with Crippen molar-refractivity contribution in [3.63, 3.8) is 0 Å². The van der Waals surface area contributed by atoms with Gasteiger partial charge in [0.25, 0.3) is 0 Å². The quantitative estimate of drug-likeness (QED) is 0.191. The molecule has 0 aromatic carbocycles. The number of allylic oxidation sites excluding steroid dienone is 1. The van der Waals surface area contributed by atoms with Crippen LogP contribution in [0.4, 0.5) is 0 Å². The molecular formula is C23H35N3O2. The van der Waals surface area contributed by atoms with Crippen LogP contribution in [0.5, 0.6) is 0 Å². The summed E-state index contributed by atoms with van der Waals surface area (Å²) in [5.74, 6) is 2.61. The van der Waals surface area contributed by atoms with Crippen molar-refractivity contribution in [1.29, 1.82) is 0 Å². The summed E-state index contributed by atoms with van der Waals surface area (Å²) < 4.78 is 5.55. The Hall–Kier alpha value is -1.48. The number of esters is 1. The molecule has 4 aliphatic rings. The van der Waals surface area contributed by atoms with Gasteiger partial charge in [-0.3, -0.25) is 4.79 Å². The fourth-order valence-electron chi connectivity index (χ4n) is 7.96. The second-order valence-corrected chi connectivity index (χ2v) is 10.4. The first-order valence-electron chi connectivity index (χ1n) is 11.2. The molecule has 5 heteroatoms. The number of fused-ring (bicyclic) bond motifs is 5. The van der Waals surface area contributed by atoms with E-state index in [-0.39, 0.29) is 23.5 Å². The Bertz CT molecular complexity index is 727. The molecule has 154 valence electrons. The number of rotatable bonds is 3. The lowest BCUT2D eigenvalue weighted by atomic mass is 9.47. The average molecular weight is 386 g/mol. The summed E-state index contributed by atoms with van der Waals surface area (Å²) in [6, 6.07) is 0.0981. The first-order chi connectivity index (χ1) is 13.3. The maximum atomic E-state index is 11.4. The highest BCUT2D eigenvalue weighted by Crippen LogP contribution is 2.66. The van der Waals surface area contributed by atoms with E-state index in [1.807, 2.05) is 0 Å². The minimum Gasteiger partial charge on any atom is -0.462 e. The Morgan fingerprint density at radius 2 is 2.04 bits per heavy atom. The highest BCUT2D eigenvalue weighted by molar-refractivity contribution is 5.66. The summed E-state index contributed by atoms with van der Waals surface area (Å²) in [6.07, 6.45) is 11.8. The van der Waals surface area contributed by atoms with E-state index in [1.54, 1.807) is 5.57 Å². The number of nitrogens with zero attached hydrogens (tertiary/aromatic N) is 3. The lowest BCUT2D eigenvalue weighted by Gasteiger charge is -2.58. The van der Waals surface area contributed by atoms with E-state index in [9.17, 15) is 4.79 Å². The standard InChI is InChI=1S/C23H35N3O2/c1-14(25-26-24)19-7-8-20-18-6-5-16-13-17(28-15(2)27)9-11-22(16,3)21(18)10-12-23(19,20)4/h5,14,17-21H,6-13H2,1-4H3/t14?,17-,18-,19+,20-,21-,22-,23+/m0/s1. The Kier molecular flexibility index (Phi) is 5.02. The van der Waals surface area contributed by atoms with Crippen molar-refractivity contribution in [2.45, 2.75) is 91.2 Å². The first kappa shape index (κ1) is 19.8. The zero-order valence-corrected chi connectivity index (χ0v) is 17.9. The van der Waals surface area contributed by atoms with Crippen LogP contribution >= 0.6 is 0 Å². The third-order valence-electron chi connectivity index (χ3n) is 9.28. The predicted octanol–water partition coefficient (Wildman–Crippen LogP) is 6.20. The van der Waals surface area contributed by atoms with Gasteiger partial charge in [0, 0.05) is 24.3 Å². The van der Waals surface area contributed by atoms with Gasteiger partial charge in [-0.1, -0.05) is 37.5 Å². The third-order valence-corrected chi connectivity index (χ3v) is 9.28. The molecule has 5 nitrogen and oxygen atoms in total. The van der Waals surface area contributed by atoms with Crippen LogP contribution in [0.3, 0.4) is 0 Å². The maximum Gasteiger partial charge on any atom is 0.302 e. The van der Waals surface area contributed by atoms with Crippen molar-refractivity contribution in [2.24, 2.45) is 39.6 Å². The molecule has 28 heavy (non-hydrogen) atoms. The fraction of sp³-hybridized carbons (Fsp3) is 0.870. The highest BCUT2D eigenvalue weighted by atomic mass is 16.5. The van der Waals surface area contributed by atoms with Crippen molar-refractivity contribution in [3.8, 4) is 0 Å². The molecule has 0 aliphatic heterocycles. The molecule has 8 atom stereocenters. The van der Waals surface area contributed by atoms with E-state index in [0.29, 0.717) is 11.3 Å². The van der Waals surface area contributed by atoms with Crippen molar-refractivity contribution in [3.05, 3.63) is 22.1 Å². The van der Waals surface area contributed by atoms with Crippen molar-refractivity contribution in [2.75, 3.05) is 0 Å². The summed E-state index contributed by atoms with van der Waals surface area (Å²) >= 11 is 0. The van der Waals surface area contributed by atoms with Crippen molar-refractivity contribution in [1.82, 2.24) is 0 Å². The van der Waals surface area contributed by atoms with E-state index in [0.717, 1.165) is 37.0 Å². The summed E-state index contributed by atoms with van der Waals surface area (Å²) in [5.41, 5.74) is 11.1. The molecule has 0 heterocycles. The van der Waals surface area contributed by atoms with Gasteiger partial charge in [0.1, 0.15) is 6.10 Å². The van der Waals surface area contributed by atoms with Crippen LogP contribution in [0.2, 0.25) is 0 Å². The molecule has 0 aromatic rings. The molecule has 0 bridgehead atoms. The van der Waals surface area contributed by atoms with E-state index in [1.165, 1.54) is 39.0 Å². The Labute approximate surface area is 168 Å². The van der Waals surface area contributed by atoms with Gasteiger partial charge in [0.15, 0.2) is 0 Å². The zero-order chi connectivity index (χ0) is 20.1. The summed E-state index contributed by atoms with van der Waals surface area (Å²) in [4.78, 5) is 14.5. The van der Waals surface area contributed by atoms with Crippen LogP contribution in [0, 0.1) is 34.5 Å². The fourth-order valence-corrected chi connectivity index (χ4v) is 7.96. The molecule has 0 spiro atoms. The second kappa shape index (κ2) is 7.09. The molecular weight excluding hydrogens is 350 g/mol. The van der Waals surface area contributed by atoms with E-state index in [2.05, 4.69) is 36.9 Å². The number of carbonyl (C=O) groups excluding carboxylic acids is 1. The van der Waals surface area contributed by atoms with E-state index in [4.69, 9.17) is 10.3 Å². The van der Waals surface area contributed by atoms with Gasteiger partial charge in [0.2, 0.25) is 0 Å². The smallest absolute Gasteiger partial charge is 0.302 e. The monoisotopic (exact) mass is 385 g/mol. The summed E-state index contributed by atoms with van der Waals surface area (Å²) in [6.45, 7) is 8.60. The minimum atomic E-state index is -0.150. The number of carbonyl (C=O) groups is 1. The van der Waals surface area contributed by atoms with Crippen LogP contribution in [0.15, 0.2) is 16.8 Å². The number of hydrogen-bond acceptors (Lipinski definition) is 3. The van der Waals surface area contributed by atoms with Crippen molar-refractivity contribution < 1.29 is 9.53 Å². The van der Waals surface area contributed by atoms with Crippen molar-refractivity contribution >= 4 is 5.97 Å². The molecule has 1 unspecified atom stereocenters. The molecule has 4 rings (SSSR count). The summed E-state index contributed by atoms with van der Waals surface area (Å²) in [5, 5.41) is 4.09. The Morgan fingerprint density at radius 1 is 1.25 bits per heavy atom. The summed E-state index contributed by atoms with van der Waals surface area (Å²) in [7, 11) is 0. The number of hydrogen-bond donors (Lipinski definition) is 0. The van der Waals surface area contributed by atoms with Gasteiger partial charge in [0.05, 0.1) is 0 Å². The molecule has 4 aliphatic carbocycles. The largest absolute Gasteiger partial charge is 0.462 e. The predicted molar refractivity (Wildman–Crippen MR) is 109 cm³/mol. The van der Waals surface area contributed by atoms with Gasteiger partial charge in [-0.2, -0.15) is 0 Å². The average Bonchev–Trinajstić information content (AvgIpc) is 2.99. The third kappa shape index (κ3) is 2.98. The number of azide groups is 1. The minimum absolute atomic E-state index is 0.0720. The van der Waals surface area contributed by atoms with Gasteiger partial charge < -0.3 is 4.74 Å². The van der Waals surface area contributed by atoms with Crippen LogP contribution in [0.25, 0.3) is 10.4 Å². The molecule has 0 aromatic heterocycles. The van der Waals surface area contributed by atoms with Crippen LogP contribution in [-0.2, 0) is 9.53 Å². The molecule has 0 radical (unpaired) electrons. The zero-order valence-electron chi connectivity index (χ0n) is 17.9. The SMILES string of the molecule is CC(=O)O[C@H]1CC[C@@]2(C)C(=CC[C@H]3[C@@H]4CC[C@H](C(C)N=[N+]=[N-])[C@@]4(C)CC[C@@H]32)C1. The molecule has 3 fully saturated rings. The lowest BCUT2D eigenvalue weighted by molar-refractivity contribution is -0.148. The van der Waals surface area contributed by atoms with Gasteiger partial charge in [-0.05, 0) is 85.0 Å². The van der Waals surface area contributed by atoms with Crippen LogP contribution < -0.4 is 0 Å². The van der Waals surface area contributed by atoms with E-state index >= 15 is 0 Å². The van der Waals surface area contributed by atoms with Gasteiger partial charge in [-0.25, -0.2) is 0 Å². The number of ether oxygens (including phenoxy) is 1. The van der Waals surface area contributed by atoms with Gasteiger partial charge in [-0.15, -0.1) is 0 Å². The van der Waals surface area contributed by atoms with Crippen LogP contribution in [0.1, 0.15) is 79.1 Å². The van der Waals surface area contributed by atoms with Gasteiger partial charge >= 0.3 is 5.97 Å². The molecule has 0 N–H and O–H groups in total. The van der Waals surface area contributed by atoms with E-state index < -0.39 is 0 Å². The molecule has 0 amide bonds. The molecule has 0 saturated heterocycles.